The van der Waals surface area contributed by atoms with Gasteiger partial charge in [-0.2, -0.15) is 0 Å². The molecule has 25 heavy (non-hydrogen) atoms. The summed E-state index contributed by atoms with van der Waals surface area (Å²) in [5, 5.41) is 3.47. The van der Waals surface area contributed by atoms with Gasteiger partial charge in [0, 0.05) is 19.6 Å². The molecule has 0 bridgehead atoms. The summed E-state index contributed by atoms with van der Waals surface area (Å²) in [4.78, 5) is 16.9. The van der Waals surface area contributed by atoms with E-state index in [0.29, 0.717) is 23.8 Å². The highest BCUT2D eigenvalue weighted by atomic mass is 35.5. The molecule has 0 atom stereocenters. The van der Waals surface area contributed by atoms with E-state index in [1.54, 1.807) is 6.07 Å². The largest absolute Gasteiger partial charge is 0.322 e. The van der Waals surface area contributed by atoms with Gasteiger partial charge in [0.15, 0.2) is 0 Å². The van der Waals surface area contributed by atoms with E-state index in [9.17, 15) is 4.79 Å². The average molecular weight is 360 g/mol. The van der Waals surface area contributed by atoms with Crippen LogP contribution in [-0.2, 0) is 6.54 Å². The molecule has 0 saturated heterocycles. The van der Waals surface area contributed by atoms with Crippen LogP contribution in [0.2, 0.25) is 5.02 Å². The molecule has 2 aromatic carbocycles. The van der Waals surface area contributed by atoms with Gasteiger partial charge < -0.3 is 15.1 Å². The Morgan fingerprint density at radius 3 is 2.24 bits per heavy atom. The van der Waals surface area contributed by atoms with Crippen molar-refractivity contribution in [3.8, 4) is 0 Å². The molecule has 0 saturated carbocycles. The lowest BCUT2D eigenvalue weighted by molar-refractivity contribution is 0.194. The minimum absolute atomic E-state index is 0.135. The maximum absolute atomic E-state index is 12.8. The zero-order valence-electron chi connectivity index (χ0n) is 14.9. The minimum atomic E-state index is -0.135. The quantitative estimate of drug-likeness (QED) is 0.740. The summed E-state index contributed by atoms with van der Waals surface area (Å²) in [6, 6.07) is 17.2. The van der Waals surface area contributed by atoms with E-state index >= 15 is 0 Å². The van der Waals surface area contributed by atoms with Crippen molar-refractivity contribution in [3.63, 3.8) is 0 Å². The van der Waals surface area contributed by atoms with Crippen molar-refractivity contribution in [2.24, 2.45) is 0 Å². The summed E-state index contributed by atoms with van der Waals surface area (Å²) in [6.45, 7) is 8.29. The van der Waals surface area contributed by atoms with Crippen LogP contribution in [-0.4, -0.2) is 42.0 Å². The number of nitrogens with one attached hydrogen (secondary N) is 1. The Morgan fingerprint density at radius 2 is 1.60 bits per heavy atom. The van der Waals surface area contributed by atoms with Crippen LogP contribution in [0.15, 0.2) is 54.6 Å². The zero-order valence-corrected chi connectivity index (χ0v) is 15.7. The maximum atomic E-state index is 12.8. The Hall–Kier alpha value is -2.04. The number of amides is 2. The van der Waals surface area contributed by atoms with Crippen LogP contribution in [0.25, 0.3) is 0 Å². The number of carbonyl (C=O) groups is 1. The van der Waals surface area contributed by atoms with Gasteiger partial charge in [-0.05, 0) is 30.8 Å². The van der Waals surface area contributed by atoms with Crippen LogP contribution < -0.4 is 5.32 Å². The van der Waals surface area contributed by atoms with Crippen molar-refractivity contribution in [1.29, 1.82) is 0 Å². The van der Waals surface area contributed by atoms with Gasteiger partial charge in [-0.3, -0.25) is 0 Å². The number of halogens is 1. The molecule has 2 aromatic rings. The summed E-state index contributed by atoms with van der Waals surface area (Å²) >= 11 is 6.16. The van der Waals surface area contributed by atoms with Gasteiger partial charge in [0.25, 0.3) is 0 Å². The predicted molar refractivity (Wildman–Crippen MR) is 105 cm³/mol. The fraction of sp³-hybridized carbons (Fsp3) is 0.350. The number of rotatable bonds is 8. The fourth-order valence-electron chi connectivity index (χ4n) is 2.62. The first kappa shape index (κ1) is 19.3. The second-order valence-corrected chi connectivity index (χ2v) is 6.25. The van der Waals surface area contributed by atoms with Crippen molar-refractivity contribution in [1.82, 2.24) is 9.80 Å². The Bertz CT molecular complexity index is 659. The van der Waals surface area contributed by atoms with Gasteiger partial charge in [-0.1, -0.05) is 67.9 Å². The van der Waals surface area contributed by atoms with Gasteiger partial charge in [-0.15, -0.1) is 0 Å². The van der Waals surface area contributed by atoms with Gasteiger partial charge in [0.05, 0.1) is 10.7 Å². The molecule has 0 aliphatic rings. The highest BCUT2D eigenvalue weighted by Crippen LogP contribution is 2.21. The first-order valence-corrected chi connectivity index (χ1v) is 9.08. The van der Waals surface area contributed by atoms with Gasteiger partial charge >= 0.3 is 6.03 Å². The number of benzene rings is 2. The molecular weight excluding hydrogens is 334 g/mol. The Morgan fingerprint density at radius 1 is 0.960 bits per heavy atom. The van der Waals surface area contributed by atoms with Crippen molar-refractivity contribution in [2.45, 2.75) is 20.4 Å². The smallest absolute Gasteiger partial charge is 0.319 e. The van der Waals surface area contributed by atoms with E-state index in [0.717, 1.165) is 25.2 Å². The van der Waals surface area contributed by atoms with Crippen LogP contribution in [0.3, 0.4) is 0 Å². The molecule has 0 heterocycles. The number of nitrogens with zero attached hydrogens (tertiary/aromatic N) is 2. The molecule has 0 aliphatic heterocycles. The molecule has 2 amide bonds. The molecular formula is C20H26ClN3O. The summed E-state index contributed by atoms with van der Waals surface area (Å²) in [7, 11) is 0. The number of anilines is 1. The fourth-order valence-corrected chi connectivity index (χ4v) is 2.80. The molecule has 0 spiro atoms. The molecule has 0 unspecified atom stereocenters. The lowest BCUT2D eigenvalue weighted by atomic mass is 10.2. The molecule has 0 fully saturated rings. The second kappa shape index (κ2) is 10.1. The monoisotopic (exact) mass is 359 g/mol. The lowest BCUT2D eigenvalue weighted by Gasteiger charge is -2.27. The van der Waals surface area contributed by atoms with E-state index < -0.39 is 0 Å². The third-order valence-corrected chi connectivity index (χ3v) is 4.53. The second-order valence-electron chi connectivity index (χ2n) is 5.84. The molecule has 0 radical (unpaired) electrons. The molecule has 134 valence electrons. The van der Waals surface area contributed by atoms with Crippen LogP contribution in [0.1, 0.15) is 19.4 Å². The molecule has 5 heteroatoms. The Labute approximate surface area is 155 Å². The summed E-state index contributed by atoms with van der Waals surface area (Å²) in [5.74, 6) is 0. The third-order valence-electron chi connectivity index (χ3n) is 4.20. The number of likely N-dealkylation sites (N-methyl/N-ethyl adjacent to an activating group) is 1. The number of carbonyl (C=O) groups excluding carboxylic acids is 1. The van der Waals surface area contributed by atoms with E-state index in [1.165, 1.54) is 0 Å². The lowest BCUT2D eigenvalue weighted by Crippen LogP contribution is -2.40. The third kappa shape index (κ3) is 6.07. The van der Waals surface area contributed by atoms with Gasteiger partial charge in [0.2, 0.25) is 0 Å². The Balaban J connectivity index is 2.09. The van der Waals surface area contributed by atoms with E-state index in [1.807, 2.05) is 53.4 Å². The van der Waals surface area contributed by atoms with Gasteiger partial charge in [-0.25, -0.2) is 4.79 Å². The molecule has 1 N–H and O–H groups in total. The minimum Gasteiger partial charge on any atom is -0.319 e. The SMILES string of the molecule is CCN(CC)CCN(Cc1ccccc1)C(=O)Nc1ccccc1Cl. The number of para-hydroxylation sites is 1. The van der Waals surface area contributed by atoms with E-state index in [-0.39, 0.29) is 6.03 Å². The summed E-state index contributed by atoms with van der Waals surface area (Å²) in [6.07, 6.45) is 0. The normalized spacial score (nSPS) is 10.7. The Kier molecular flexibility index (Phi) is 7.76. The van der Waals surface area contributed by atoms with Crippen molar-refractivity contribution in [3.05, 3.63) is 65.2 Å². The summed E-state index contributed by atoms with van der Waals surface area (Å²) in [5.41, 5.74) is 1.74. The highest BCUT2D eigenvalue weighted by molar-refractivity contribution is 6.33. The average Bonchev–Trinajstić information content (AvgIpc) is 2.64. The zero-order chi connectivity index (χ0) is 18.1. The van der Waals surface area contributed by atoms with Crippen LogP contribution in [0.5, 0.6) is 0 Å². The van der Waals surface area contributed by atoms with Crippen LogP contribution in [0.4, 0.5) is 10.5 Å². The van der Waals surface area contributed by atoms with Crippen molar-refractivity contribution < 1.29 is 4.79 Å². The van der Waals surface area contributed by atoms with Crippen LogP contribution in [0, 0.1) is 0 Å². The molecule has 4 nitrogen and oxygen atoms in total. The van der Waals surface area contributed by atoms with Crippen molar-refractivity contribution in [2.75, 3.05) is 31.5 Å². The number of hydrogen-bond acceptors (Lipinski definition) is 2. The molecule has 0 aliphatic carbocycles. The van der Waals surface area contributed by atoms with Gasteiger partial charge in [0.1, 0.15) is 0 Å². The first-order chi connectivity index (χ1) is 12.1. The topological polar surface area (TPSA) is 35.6 Å². The van der Waals surface area contributed by atoms with Crippen molar-refractivity contribution >= 4 is 23.3 Å². The van der Waals surface area contributed by atoms with E-state index in [2.05, 4.69) is 24.1 Å². The molecule has 2 rings (SSSR count). The predicted octanol–water partition coefficient (Wildman–Crippen LogP) is 4.72. The standard InChI is InChI=1S/C20H26ClN3O/c1-3-23(4-2)14-15-24(16-17-10-6-5-7-11-17)20(25)22-19-13-9-8-12-18(19)21/h5-13H,3-4,14-16H2,1-2H3,(H,22,25). The highest BCUT2D eigenvalue weighted by Gasteiger charge is 2.16. The first-order valence-electron chi connectivity index (χ1n) is 8.70. The van der Waals surface area contributed by atoms with E-state index in [4.69, 9.17) is 11.6 Å². The number of hydrogen-bond donors (Lipinski definition) is 1. The summed E-state index contributed by atoms with van der Waals surface area (Å²) < 4.78 is 0. The number of urea groups is 1. The molecule has 0 aromatic heterocycles. The maximum Gasteiger partial charge on any atom is 0.322 e. The van der Waals surface area contributed by atoms with Crippen LogP contribution >= 0.6 is 11.6 Å².